The molecule has 0 aromatic carbocycles. The Morgan fingerprint density at radius 2 is 2.21 bits per heavy atom. The van der Waals surface area contributed by atoms with Crippen LogP contribution in [0.1, 0.15) is 19.4 Å². The molecule has 0 fully saturated rings. The van der Waals surface area contributed by atoms with Gasteiger partial charge in [-0.25, -0.2) is 19.3 Å². The highest BCUT2D eigenvalue weighted by Crippen LogP contribution is 2.33. The molecule has 4 aromatic heterocycles. The highest BCUT2D eigenvalue weighted by molar-refractivity contribution is 6.35. The Morgan fingerprint density at radius 3 is 2.93 bits per heavy atom. The average Bonchev–Trinajstić information content (AvgIpc) is 3.26. The maximum atomic E-state index is 13.7. The number of nitrogens with zero attached hydrogens (tertiary/aromatic N) is 4. The number of allylic oxidation sites excluding steroid dienone is 1. The van der Waals surface area contributed by atoms with Crippen LogP contribution >= 0.6 is 11.6 Å². The van der Waals surface area contributed by atoms with Gasteiger partial charge in [0.2, 0.25) is 0 Å². The van der Waals surface area contributed by atoms with Crippen LogP contribution < -0.4 is 0 Å². The van der Waals surface area contributed by atoms with E-state index in [1.54, 1.807) is 36.2 Å². The Kier molecular flexibility index (Phi) is 4.79. The van der Waals surface area contributed by atoms with E-state index in [-0.39, 0.29) is 0 Å². The number of hydrogen-bond acceptors (Lipinski definition) is 4. The number of H-pyrrole nitrogens is 1. The lowest BCUT2D eigenvalue weighted by Gasteiger charge is -2.21. The molecular weight excluding hydrogens is 397 g/mol. The van der Waals surface area contributed by atoms with Crippen LogP contribution in [-0.2, 0) is 4.79 Å². The summed E-state index contributed by atoms with van der Waals surface area (Å²) < 4.78 is 15.4. The standard InChI is InChI=1S/C20H17ClFN5O2/c1-3-4-12(20(28)29)10(2)27-9-16(21)15-8-25-18(26-19(15)27)14-7-24-17-13(14)5-11(22)6-23-17/h3,5-10,12H,1,4H2,2H3,(H,23,24)(H,28,29)/t10-,12-/m0/s1. The quantitative estimate of drug-likeness (QED) is 0.450. The van der Waals surface area contributed by atoms with Gasteiger partial charge in [0.25, 0.3) is 0 Å². The van der Waals surface area contributed by atoms with Gasteiger partial charge in [-0.15, -0.1) is 6.58 Å². The van der Waals surface area contributed by atoms with Gasteiger partial charge in [0.15, 0.2) is 5.82 Å². The monoisotopic (exact) mass is 413 g/mol. The van der Waals surface area contributed by atoms with Gasteiger partial charge in [0, 0.05) is 35.6 Å². The first-order chi connectivity index (χ1) is 13.9. The molecule has 4 aromatic rings. The molecule has 0 saturated heterocycles. The summed E-state index contributed by atoms with van der Waals surface area (Å²) in [5.41, 5.74) is 1.61. The molecule has 7 nitrogen and oxygen atoms in total. The van der Waals surface area contributed by atoms with E-state index in [9.17, 15) is 14.3 Å². The summed E-state index contributed by atoms with van der Waals surface area (Å²) in [5, 5.41) is 11.2. The minimum Gasteiger partial charge on any atom is -0.481 e. The summed E-state index contributed by atoms with van der Waals surface area (Å²) >= 11 is 6.34. The van der Waals surface area contributed by atoms with Crippen LogP contribution in [0.4, 0.5) is 4.39 Å². The van der Waals surface area contributed by atoms with Crippen molar-refractivity contribution in [2.45, 2.75) is 19.4 Å². The number of aliphatic carboxylic acids is 1. The van der Waals surface area contributed by atoms with E-state index < -0.39 is 23.7 Å². The molecule has 4 rings (SSSR count). The van der Waals surface area contributed by atoms with E-state index >= 15 is 0 Å². The van der Waals surface area contributed by atoms with Crippen molar-refractivity contribution in [3.05, 3.63) is 54.3 Å². The van der Waals surface area contributed by atoms with Gasteiger partial charge in [-0.2, -0.15) is 0 Å². The first-order valence-electron chi connectivity index (χ1n) is 8.90. The normalized spacial score (nSPS) is 13.6. The molecule has 0 spiro atoms. The number of aromatic nitrogens is 5. The minimum absolute atomic E-state index is 0.305. The van der Waals surface area contributed by atoms with Gasteiger partial charge in [-0.05, 0) is 19.4 Å². The molecule has 0 radical (unpaired) electrons. The molecule has 2 atom stereocenters. The second-order valence-corrected chi connectivity index (χ2v) is 7.18. The zero-order valence-corrected chi connectivity index (χ0v) is 16.2. The molecule has 9 heteroatoms. The van der Waals surface area contributed by atoms with E-state index in [0.29, 0.717) is 44.9 Å². The van der Waals surface area contributed by atoms with Crippen LogP contribution in [0.2, 0.25) is 5.02 Å². The Balaban J connectivity index is 1.87. The van der Waals surface area contributed by atoms with Crippen LogP contribution in [0.5, 0.6) is 0 Å². The molecule has 0 amide bonds. The fraction of sp³-hybridized carbons (Fsp3) is 0.200. The second-order valence-electron chi connectivity index (χ2n) is 6.78. The first kappa shape index (κ1) is 19.1. The number of carboxylic acid groups (broad SMARTS) is 1. The summed E-state index contributed by atoms with van der Waals surface area (Å²) in [7, 11) is 0. The topological polar surface area (TPSA) is 96.7 Å². The van der Waals surface area contributed by atoms with Crippen molar-refractivity contribution in [3.63, 3.8) is 0 Å². The molecule has 4 heterocycles. The SMILES string of the molecule is C=CC[C@H](C(=O)O)[C@H](C)n1cc(Cl)c2cnc(-c3c[nH]c4ncc(F)cc34)nc21. The summed E-state index contributed by atoms with van der Waals surface area (Å²) in [6, 6.07) is 0.936. The number of halogens is 2. The molecule has 0 saturated carbocycles. The number of hydrogen-bond donors (Lipinski definition) is 2. The number of carbonyl (C=O) groups is 1. The smallest absolute Gasteiger partial charge is 0.308 e. The predicted octanol–water partition coefficient (Wildman–Crippen LogP) is 4.61. The summed E-state index contributed by atoms with van der Waals surface area (Å²) in [5.74, 6) is -1.73. The van der Waals surface area contributed by atoms with Crippen molar-refractivity contribution in [2.75, 3.05) is 0 Å². The molecule has 148 valence electrons. The lowest BCUT2D eigenvalue weighted by atomic mass is 9.97. The summed E-state index contributed by atoms with van der Waals surface area (Å²) in [6.07, 6.45) is 7.91. The van der Waals surface area contributed by atoms with Crippen LogP contribution in [-0.4, -0.2) is 35.6 Å². The van der Waals surface area contributed by atoms with E-state index in [4.69, 9.17) is 11.6 Å². The van der Waals surface area contributed by atoms with Crippen molar-refractivity contribution in [2.24, 2.45) is 5.92 Å². The van der Waals surface area contributed by atoms with Crippen molar-refractivity contribution >= 4 is 39.6 Å². The van der Waals surface area contributed by atoms with Gasteiger partial charge in [-0.3, -0.25) is 4.79 Å². The van der Waals surface area contributed by atoms with E-state index in [0.717, 1.165) is 6.20 Å². The Hall–Kier alpha value is -3.26. The van der Waals surface area contributed by atoms with Crippen LogP contribution in [0, 0.1) is 11.7 Å². The van der Waals surface area contributed by atoms with Crippen molar-refractivity contribution < 1.29 is 14.3 Å². The molecule has 2 N–H and O–H groups in total. The largest absolute Gasteiger partial charge is 0.481 e. The highest BCUT2D eigenvalue weighted by Gasteiger charge is 2.27. The molecule has 29 heavy (non-hydrogen) atoms. The van der Waals surface area contributed by atoms with Gasteiger partial charge in [0.05, 0.1) is 22.5 Å². The number of aromatic amines is 1. The fourth-order valence-corrected chi connectivity index (χ4v) is 3.71. The van der Waals surface area contributed by atoms with Crippen LogP contribution in [0.3, 0.4) is 0 Å². The third-order valence-corrected chi connectivity index (χ3v) is 5.32. The third kappa shape index (κ3) is 3.25. The number of pyridine rings is 1. The third-order valence-electron chi connectivity index (χ3n) is 5.02. The van der Waals surface area contributed by atoms with E-state index in [2.05, 4.69) is 26.5 Å². The molecule has 0 aliphatic heterocycles. The van der Waals surface area contributed by atoms with Crippen LogP contribution in [0.15, 0.2) is 43.5 Å². The average molecular weight is 414 g/mol. The van der Waals surface area contributed by atoms with Crippen LogP contribution in [0.25, 0.3) is 33.5 Å². The number of rotatable bonds is 6. The van der Waals surface area contributed by atoms with Crippen molar-refractivity contribution in [1.82, 2.24) is 24.5 Å². The Morgan fingerprint density at radius 1 is 1.41 bits per heavy atom. The van der Waals surface area contributed by atoms with Gasteiger partial charge < -0.3 is 14.7 Å². The van der Waals surface area contributed by atoms with Gasteiger partial charge >= 0.3 is 5.97 Å². The molecule has 0 aliphatic rings. The first-order valence-corrected chi connectivity index (χ1v) is 9.28. The van der Waals surface area contributed by atoms with E-state index in [1.807, 2.05) is 0 Å². The molecular formula is C20H17ClFN5O2. The summed E-state index contributed by atoms with van der Waals surface area (Å²) in [6.45, 7) is 5.44. The van der Waals surface area contributed by atoms with Gasteiger partial charge in [-0.1, -0.05) is 17.7 Å². The zero-order chi connectivity index (χ0) is 20.7. The van der Waals surface area contributed by atoms with Crippen molar-refractivity contribution in [3.8, 4) is 11.4 Å². The second kappa shape index (κ2) is 7.29. The van der Waals surface area contributed by atoms with Gasteiger partial charge in [0.1, 0.15) is 17.1 Å². The number of carboxylic acids is 1. The molecule has 0 unspecified atom stereocenters. The molecule has 0 aliphatic carbocycles. The zero-order valence-electron chi connectivity index (χ0n) is 15.4. The molecule has 0 bridgehead atoms. The number of nitrogens with one attached hydrogen (secondary N) is 1. The lowest BCUT2D eigenvalue weighted by Crippen LogP contribution is -2.23. The maximum Gasteiger partial charge on any atom is 0.308 e. The van der Waals surface area contributed by atoms with E-state index in [1.165, 1.54) is 6.07 Å². The Bertz CT molecular complexity index is 1250. The highest BCUT2D eigenvalue weighted by atomic mass is 35.5. The Labute approximate surface area is 169 Å². The summed E-state index contributed by atoms with van der Waals surface area (Å²) in [4.78, 5) is 27.7. The predicted molar refractivity (Wildman–Crippen MR) is 108 cm³/mol. The lowest BCUT2D eigenvalue weighted by molar-refractivity contribution is -0.143. The maximum absolute atomic E-state index is 13.7. The minimum atomic E-state index is -0.928. The number of fused-ring (bicyclic) bond motifs is 2. The fourth-order valence-electron chi connectivity index (χ4n) is 3.47. The van der Waals surface area contributed by atoms with Crippen molar-refractivity contribution in [1.29, 1.82) is 0 Å².